The van der Waals surface area contributed by atoms with Crippen LogP contribution in [-0.2, 0) is 10.8 Å². The fourth-order valence-corrected chi connectivity index (χ4v) is 14.4. The molecule has 0 saturated heterocycles. The van der Waals surface area contributed by atoms with Gasteiger partial charge >= 0.3 is 0 Å². The van der Waals surface area contributed by atoms with Crippen LogP contribution in [-0.4, -0.2) is 23.4 Å². The molecule has 0 aliphatic carbocycles. The molecule has 4 nitrogen and oxygen atoms in total. The van der Waals surface area contributed by atoms with Gasteiger partial charge in [0.15, 0.2) is 0 Å². The second kappa shape index (κ2) is 26.6. The van der Waals surface area contributed by atoms with Gasteiger partial charge in [-0.2, -0.15) is 0 Å². The minimum atomic E-state index is -0.385. The Labute approximate surface area is 482 Å². The molecule has 11 heteroatoms. The standard InChI is InChI=1S/C59H77Br7O4/c1-16-22-24-37(8)58(18-3,19-4)69-54-50(65)34-44(35-51(54)66)57(14,15)42-30-46(61)53(47(62)31-42)68-40(11)27-26-38(9)59(20-5,21-6)70-55-48(63)32-43(33-49(55)64)56(12,13)41-28-36(7)52(45(60)29-41)67-39(10)25-23-17-2/h16-17,28-35,37-40H,1-2,18-27H2,3-15H3. The van der Waals surface area contributed by atoms with E-state index >= 15 is 0 Å². The number of rotatable bonds is 27. The molecule has 4 unspecified atom stereocenters. The Hall–Kier alpha value is -1.08. The van der Waals surface area contributed by atoms with E-state index in [0.29, 0.717) is 5.92 Å². The summed E-state index contributed by atoms with van der Waals surface area (Å²) in [6.07, 6.45) is 13.2. The molecule has 0 aliphatic heterocycles. The lowest BCUT2D eigenvalue weighted by molar-refractivity contribution is -0.00165. The van der Waals surface area contributed by atoms with Crippen molar-refractivity contribution in [2.75, 3.05) is 0 Å². The number of hydrogen-bond donors (Lipinski definition) is 0. The van der Waals surface area contributed by atoms with Crippen molar-refractivity contribution in [2.45, 2.75) is 188 Å². The van der Waals surface area contributed by atoms with Gasteiger partial charge in [0.1, 0.15) is 34.2 Å². The van der Waals surface area contributed by atoms with E-state index in [-0.39, 0.29) is 40.2 Å². The van der Waals surface area contributed by atoms with Gasteiger partial charge in [0.25, 0.3) is 0 Å². The lowest BCUT2D eigenvalue weighted by atomic mass is 9.77. The van der Waals surface area contributed by atoms with E-state index in [1.165, 1.54) is 11.1 Å². The maximum absolute atomic E-state index is 7.17. The molecule has 0 N–H and O–H groups in total. The summed E-state index contributed by atoms with van der Waals surface area (Å²) < 4.78 is 33.7. The van der Waals surface area contributed by atoms with Crippen LogP contribution in [0.4, 0.5) is 0 Å². The average Bonchev–Trinajstić information content (AvgIpc) is 3.31. The first kappa shape index (κ1) is 61.5. The van der Waals surface area contributed by atoms with Crippen LogP contribution in [0.25, 0.3) is 0 Å². The molecule has 0 spiro atoms. The van der Waals surface area contributed by atoms with E-state index in [2.05, 4.69) is 263 Å². The van der Waals surface area contributed by atoms with Crippen LogP contribution in [0.3, 0.4) is 0 Å². The van der Waals surface area contributed by atoms with Crippen molar-refractivity contribution < 1.29 is 18.9 Å². The van der Waals surface area contributed by atoms with Crippen molar-refractivity contribution >= 4 is 112 Å². The van der Waals surface area contributed by atoms with Crippen molar-refractivity contribution in [1.29, 1.82) is 0 Å². The van der Waals surface area contributed by atoms with E-state index in [1.54, 1.807) is 0 Å². The lowest BCUT2D eigenvalue weighted by Crippen LogP contribution is -2.42. The summed E-state index contributed by atoms with van der Waals surface area (Å²) in [5, 5.41) is 0. The number of aryl methyl sites for hydroxylation is 1. The van der Waals surface area contributed by atoms with E-state index in [0.717, 1.165) is 135 Å². The van der Waals surface area contributed by atoms with Crippen molar-refractivity contribution in [3.05, 3.63) is 133 Å². The third-order valence-electron chi connectivity index (χ3n) is 15.1. The SMILES string of the molecule is C=CCCC(C)Oc1c(C)cc(C(C)(C)c2cc(Br)c(OC(CC)(CC)C(C)CCC(C)Oc3c(Br)cc(C(C)(C)c4cc(Br)c(OC(CC)(CC)C(C)CCC=C)c(Br)c4)cc3Br)c(Br)c2)cc1Br. The van der Waals surface area contributed by atoms with Gasteiger partial charge in [0, 0.05) is 10.8 Å². The van der Waals surface area contributed by atoms with E-state index < -0.39 is 0 Å². The fourth-order valence-electron chi connectivity index (χ4n) is 9.69. The van der Waals surface area contributed by atoms with Gasteiger partial charge in [-0.25, -0.2) is 0 Å². The molecule has 0 aliphatic rings. The molecule has 0 radical (unpaired) electrons. The van der Waals surface area contributed by atoms with Crippen LogP contribution in [0.5, 0.6) is 23.0 Å². The van der Waals surface area contributed by atoms with E-state index in [4.69, 9.17) is 18.9 Å². The molecular formula is C59H77Br7O4. The Balaban J connectivity index is 1.49. The molecule has 0 heterocycles. The normalized spacial score (nSPS) is 14.2. The first-order valence-corrected chi connectivity index (χ1v) is 30.6. The summed E-state index contributed by atoms with van der Waals surface area (Å²) in [5.74, 6) is 3.99. The predicted octanol–water partition coefficient (Wildman–Crippen LogP) is 22.1. The zero-order valence-corrected chi connectivity index (χ0v) is 54.9. The zero-order valence-electron chi connectivity index (χ0n) is 43.8. The highest BCUT2D eigenvalue weighted by Crippen LogP contribution is 2.49. The number of allylic oxidation sites excluding steroid dienone is 2. The van der Waals surface area contributed by atoms with Crippen molar-refractivity contribution in [3.8, 4) is 23.0 Å². The minimum Gasteiger partial charge on any atom is -0.489 e. The molecule has 386 valence electrons. The van der Waals surface area contributed by atoms with Gasteiger partial charge in [0.2, 0.25) is 0 Å². The topological polar surface area (TPSA) is 36.9 Å². The molecule has 4 rings (SSSR count). The lowest BCUT2D eigenvalue weighted by Gasteiger charge is -2.39. The third-order valence-corrected chi connectivity index (χ3v) is 19.3. The Morgan fingerprint density at radius 3 is 1.10 bits per heavy atom. The Bertz CT molecular complexity index is 2320. The Morgan fingerprint density at radius 2 is 0.743 bits per heavy atom. The van der Waals surface area contributed by atoms with Crippen LogP contribution < -0.4 is 18.9 Å². The molecule has 0 bridgehead atoms. The summed E-state index contributed by atoms with van der Waals surface area (Å²) in [7, 11) is 0. The van der Waals surface area contributed by atoms with Gasteiger partial charge < -0.3 is 18.9 Å². The highest BCUT2D eigenvalue weighted by atomic mass is 79.9. The molecule has 0 amide bonds. The van der Waals surface area contributed by atoms with E-state index in [9.17, 15) is 0 Å². The predicted molar refractivity (Wildman–Crippen MR) is 323 cm³/mol. The van der Waals surface area contributed by atoms with Crippen LogP contribution in [0.1, 0.15) is 175 Å². The van der Waals surface area contributed by atoms with Gasteiger partial charge in [-0.1, -0.05) is 87.5 Å². The van der Waals surface area contributed by atoms with E-state index in [1.807, 2.05) is 12.2 Å². The molecule has 4 aromatic rings. The largest absolute Gasteiger partial charge is 0.489 e. The Kier molecular flexibility index (Phi) is 23.4. The summed E-state index contributed by atoms with van der Waals surface area (Å²) in [6, 6.07) is 17.7. The van der Waals surface area contributed by atoms with Gasteiger partial charge in [-0.05, 0) is 279 Å². The Morgan fingerprint density at radius 1 is 0.443 bits per heavy atom. The number of benzene rings is 4. The van der Waals surface area contributed by atoms with Crippen molar-refractivity contribution in [3.63, 3.8) is 0 Å². The minimum absolute atomic E-state index is 0.0393. The molecule has 70 heavy (non-hydrogen) atoms. The molecule has 0 saturated carbocycles. The van der Waals surface area contributed by atoms with Crippen LogP contribution in [0.2, 0.25) is 0 Å². The molecule has 4 aromatic carbocycles. The summed E-state index contributed by atoms with van der Waals surface area (Å²) in [6.45, 7) is 36.8. The highest BCUT2D eigenvalue weighted by molar-refractivity contribution is 9.12. The van der Waals surface area contributed by atoms with Gasteiger partial charge in [0.05, 0.1) is 43.5 Å². The number of ether oxygens (including phenoxy) is 4. The molecular weight excluding hydrogens is 1330 g/mol. The third kappa shape index (κ3) is 14.4. The molecule has 0 aromatic heterocycles. The van der Waals surface area contributed by atoms with Crippen molar-refractivity contribution in [1.82, 2.24) is 0 Å². The smallest absolute Gasteiger partial charge is 0.148 e. The van der Waals surface area contributed by atoms with Crippen LogP contribution in [0.15, 0.2) is 105 Å². The molecule has 4 atom stereocenters. The summed E-state index contributed by atoms with van der Waals surface area (Å²) in [4.78, 5) is 0. The number of halogens is 7. The second-order valence-corrected chi connectivity index (χ2v) is 26.4. The molecule has 0 fully saturated rings. The van der Waals surface area contributed by atoms with Gasteiger partial charge in [-0.3, -0.25) is 0 Å². The van der Waals surface area contributed by atoms with Gasteiger partial charge in [-0.15, -0.1) is 13.2 Å². The van der Waals surface area contributed by atoms with Crippen LogP contribution in [0, 0.1) is 18.8 Å². The van der Waals surface area contributed by atoms with Crippen LogP contribution >= 0.6 is 112 Å². The average molecular weight is 1410 g/mol. The summed E-state index contributed by atoms with van der Waals surface area (Å²) in [5.41, 5.74) is 4.46. The second-order valence-electron chi connectivity index (χ2n) is 20.4. The first-order chi connectivity index (χ1) is 32.8. The quantitative estimate of drug-likeness (QED) is 0.0558. The maximum atomic E-state index is 7.17. The monoisotopic (exact) mass is 1400 g/mol. The summed E-state index contributed by atoms with van der Waals surface area (Å²) >= 11 is 27.4. The van der Waals surface area contributed by atoms with Crippen molar-refractivity contribution in [2.24, 2.45) is 11.8 Å². The fraction of sp³-hybridized carbons (Fsp3) is 0.525. The maximum Gasteiger partial charge on any atom is 0.148 e. The first-order valence-electron chi connectivity index (χ1n) is 25.0. The zero-order chi connectivity index (χ0) is 52.5. The number of hydrogen-bond acceptors (Lipinski definition) is 4. The highest BCUT2D eigenvalue weighted by Gasteiger charge is 2.39.